The maximum Gasteiger partial charge on any atom is 0.0885 e. The maximum atomic E-state index is 4.65. The van der Waals surface area contributed by atoms with Crippen LogP contribution in [-0.4, -0.2) is 9.97 Å². The second-order valence-electron chi connectivity index (χ2n) is 7.17. The fourth-order valence-electron chi connectivity index (χ4n) is 3.55. The molecular formula is C28H20N2. The summed E-state index contributed by atoms with van der Waals surface area (Å²) in [5, 5.41) is 0. The maximum absolute atomic E-state index is 4.65. The largest absolute Gasteiger partial charge is 0.252 e. The summed E-state index contributed by atoms with van der Waals surface area (Å²) in [5.74, 6) is 0. The quantitative estimate of drug-likeness (QED) is 0.329. The molecule has 0 aliphatic carbocycles. The highest BCUT2D eigenvalue weighted by Crippen LogP contribution is 2.26. The summed E-state index contributed by atoms with van der Waals surface area (Å²) < 4.78 is 0. The van der Waals surface area contributed by atoms with Crippen LogP contribution in [-0.2, 0) is 0 Å². The predicted octanol–water partition coefficient (Wildman–Crippen LogP) is 7.14. The molecular weight excluding hydrogens is 364 g/mol. The first-order valence-corrected chi connectivity index (χ1v) is 10.0. The average molecular weight is 384 g/mol. The minimum atomic E-state index is 0.874. The molecule has 0 radical (unpaired) electrons. The Hall–Kier alpha value is -4.04. The number of aromatic nitrogens is 2. The van der Waals surface area contributed by atoms with Crippen molar-refractivity contribution in [1.82, 2.24) is 9.97 Å². The van der Waals surface area contributed by atoms with Gasteiger partial charge in [0.1, 0.15) is 0 Å². The molecule has 2 nitrogen and oxygen atoms in total. The van der Waals surface area contributed by atoms with Crippen molar-refractivity contribution in [2.45, 2.75) is 0 Å². The second-order valence-corrected chi connectivity index (χ2v) is 7.17. The molecule has 0 N–H and O–H groups in total. The van der Waals surface area contributed by atoms with E-state index in [0.717, 1.165) is 22.5 Å². The van der Waals surface area contributed by atoms with E-state index in [-0.39, 0.29) is 0 Å². The Labute approximate surface area is 176 Å². The van der Waals surface area contributed by atoms with Gasteiger partial charge in [-0.05, 0) is 22.3 Å². The van der Waals surface area contributed by atoms with Crippen molar-refractivity contribution in [3.63, 3.8) is 0 Å². The van der Waals surface area contributed by atoms with Crippen LogP contribution < -0.4 is 0 Å². The van der Waals surface area contributed by atoms with E-state index in [4.69, 9.17) is 0 Å². The van der Waals surface area contributed by atoms with E-state index < -0.39 is 0 Å². The minimum absolute atomic E-state index is 0.874. The lowest BCUT2D eigenvalue weighted by Gasteiger charge is -2.06. The third-order valence-corrected chi connectivity index (χ3v) is 5.23. The zero-order valence-corrected chi connectivity index (χ0v) is 16.4. The molecule has 0 aliphatic heterocycles. The SMILES string of the molecule is c1ccc(-c2ccc(-c3cnc(-c4ccc(-c5ccccc5)cc4)cn3)cc2)cc1. The topological polar surface area (TPSA) is 25.8 Å². The van der Waals surface area contributed by atoms with Crippen LogP contribution in [0.5, 0.6) is 0 Å². The van der Waals surface area contributed by atoms with E-state index in [2.05, 4.69) is 107 Å². The van der Waals surface area contributed by atoms with Crippen LogP contribution >= 0.6 is 0 Å². The number of hydrogen-bond donors (Lipinski definition) is 0. The fraction of sp³-hybridized carbons (Fsp3) is 0. The van der Waals surface area contributed by atoms with Gasteiger partial charge in [0.25, 0.3) is 0 Å². The van der Waals surface area contributed by atoms with Crippen LogP contribution in [0, 0.1) is 0 Å². The van der Waals surface area contributed by atoms with Crippen molar-refractivity contribution in [2.75, 3.05) is 0 Å². The summed E-state index contributed by atoms with van der Waals surface area (Å²) >= 11 is 0. The lowest BCUT2D eigenvalue weighted by molar-refractivity contribution is 1.21. The summed E-state index contributed by atoms with van der Waals surface area (Å²) in [4.78, 5) is 9.29. The fourth-order valence-corrected chi connectivity index (χ4v) is 3.55. The summed E-state index contributed by atoms with van der Waals surface area (Å²) in [5.41, 5.74) is 8.69. The van der Waals surface area contributed by atoms with Crippen molar-refractivity contribution in [2.24, 2.45) is 0 Å². The molecule has 1 aromatic heterocycles. The summed E-state index contributed by atoms with van der Waals surface area (Å²) in [6.45, 7) is 0. The summed E-state index contributed by atoms with van der Waals surface area (Å²) in [6.07, 6.45) is 3.69. The number of nitrogens with zero attached hydrogens (tertiary/aromatic N) is 2. The van der Waals surface area contributed by atoms with E-state index in [9.17, 15) is 0 Å². The first-order chi connectivity index (χ1) is 14.9. The van der Waals surface area contributed by atoms with E-state index in [0.29, 0.717) is 0 Å². The average Bonchev–Trinajstić information content (AvgIpc) is 2.85. The van der Waals surface area contributed by atoms with Crippen molar-refractivity contribution in [1.29, 1.82) is 0 Å². The van der Waals surface area contributed by atoms with Crippen molar-refractivity contribution in [3.05, 3.63) is 122 Å². The van der Waals surface area contributed by atoms with Crippen LogP contribution in [0.3, 0.4) is 0 Å². The highest BCUT2D eigenvalue weighted by atomic mass is 14.8. The standard InChI is InChI=1S/C28H20N2/c1-3-7-21(8-4-1)23-11-15-25(16-12-23)27-19-30-28(20-29-27)26-17-13-24(14-18-26)22-9-5-2-6-10-22/h1-20H. The normalized spacial score (nSPS) is 10.7. The molecule has 2 heteroatoms. The monoisotopic (exact) mass is 384 g/mol. The van der Waals surface area contributed by atoms with Gasteiger partial charge in [0.05, 0.1) is 23.8 Å². The molecule has 0 saturated carbocycles. The molecule has 0 amide bonds. The summed E-state index contributed by atoms with van der Waals surface area (Å²) in [7, 11) is 0. The Morgan fingerprint density at radius 3 is 0.933 bits per heavy atom. The van der Waals surface area contributed by atoms with Crippen LogP contribution in [0.1, 0.15) is 0 Å². The lowest BCUT2D eigenvalue weighted by atomic mass is 10.0. The zero-order chi connectivity index (χ0) is 20.2. The predicted molar refractivity (Wildman–Crippen MR) is 124 cm³/mol. The first-order valence-electron chi connectivity index (χ1n) is 10.0. The number of hydrogen-bond acceptors (Lipinski definition) is 2. The van der Waals surface area contributed by atoms with Gasteiger partial charge >= 0.3 is 0 Å². The molecule has 142 valence electrons. The van der Waals surface area contributed by atoms with Gasteiger partial charge in [-0.2, -0.15) is 0 Å². The third kappa shape index (κ3) is 3.76. The van der Waals surface area contributed by atoms with Gasteiger partial charge in [0, 0.05) is 11.1 Å². The van der Waals surface area contributed by atoms with Gasteiger partial charge in [0.2, 0.25) is 0 Å². The molecule has 0 spiro atoms. The molecule has 0 fully saturated rings. The molecule has 5 rings (SSSR count). The Balaban J connectivity index is 1.35. The Morgan fingerprint density at radius 2 is 0.600 bits per heavy atom. The van der Waals surface area contributed by atoms with Crippen LogP contribution in [0.4, 0.5) is 0 Å². The van der Waals surface area contributed by atoms with E-state index in [1.165, 1.54) is 22.3 Å². The highest BCUT2D eigenvalue weighted by Gasteiger charge is 2.05. The Morgan fingerprint density at radius 1 is 0.300 bits per heavy atom. The molecule has 0 aliphatic rings. The van der Waals surface area contributed by atoms with Crippen LogP contribution in [0.2, 0.25) is 0 Å². The smallest absolute Gasteiger partial charge is 0.0885 e. The van der Waals surface area contributed by atoms with Gasteiger partial charge in [-0.1, -0.05) is 109 Å². The van der Waals surface area contributed by atoms with Crippen LogP contribution in [0.25, 0.3) is 44.8 Å². The van der Waals surface area contributed by atoms with Gasteiger partial charge in [-0.15, -0.1) is 0 Å². The van der Waals surface area contributed by atoms with Crippen molar-refractivity contribution in [3.8, 4) is 44.8 Å². The van der Waals surface area contributed by atoms with E-state index >= 15 is 0 Å². The zero-order valence-electron chi connectivity index (χ0n) is 16.4. The van der Waals surface area contributed by atoms with Gasteiger partial charge in [0.15, 0.2) is 0 Å². The van der Waals surface area contributed by atoms with Gasteiger partial charge < -0.3 is 0 Å². The molecule has 4 aromatic carbocycles. The van der Waals surface area contributed by atoms with E-state index in [1.807, 2.05) is 24.5 Å². The van der Waals surface area contributed by atoms with Crippen LogP contribution in [0.15, 0.2) is 122 Å². The Kier molecular flexibility index (Phi) is 4.89. The number of benzene rings is 4. The second kappa shape index (κ2) is 8.14. The highest BCUT2D eigenvalue weighted by molar-refractivity contribution is 5.70. The molecule has 0 atom stereocenters. The third-order valence-electron chi connectivity index (χ3n) is 5.23. The molecule has 0 saturated heterocycles. The molecule has 0 bridgehead atoms. The van der Waals surface area contributed by atoms with E-state index in [1.54, 1.807) is 0 Å². The van der Waals surface area contributed by atoms with Crippen molar-refractivity contribution >= 4 is 0 Å². The Bertz CT molecular complexity index is 1120. The lowest BCUT2D eigenvalue weighted by Crippen LogP contribution is -1.89. The molecule has 0 unspecified atom stereocenters. The molecule has 5 aromatic rings. The van der Waals surface area contributed by atoms with Gasteiger partial charge in [-0.25, -0.2) is 0 Å². The summed E-state index contributed by atoms with van der Waals surface area (Å²) in [6, 6.07) is 37.7. The first kappa shape index (κ1) is 18.0. The van der Waals surface area contributed by atoms with Gasteiger partial charge in [-0.3, -0.25) is 9.97 Å². The number of rotatable bonds is 4. The molecule has 1 heterocycles. The van der Waals surface area contributed by atoms with Crippen molar-refractivity contribution < 1.29 is 0 Å². The minimum Gasteiger partial charge on any atom is -0.252 e. The molecule has 30 heavy (non-hydrogen) atoms.